The molecule has 3 aliphatic rings. The van der Waals surface area contributed by atoms with Crippen LogP contribution in [0.1, 0.15) is 86.1 Å². The third-order valence-electron chi connectivity index (χ3n) is 11.7. The molecule has 1 unspecified atom stereocenters. The van der Waals surface area contributed by atoms with Gasteiger partial charge in [-0.05, 0) is 117 Å². The molecule has 0 amide bonds. The smallest absolute Gasteiger partial charge is 0.319 e. The lowest BCUT2D eigenvalue weighted by Crippen LogP contribution is -2.59. The number of Topliss-reactive ketones (excluding diaryl/α,β-unsaturated/α-hetero) is 1. The molecule has 0 spiro atoms. The van der Waals surface area contributed by atoms with Crippen molar-refractivity contribution in [2.24, 2.45) is 23.2 Å². The Kier molecular flexibility index (Phi) is 14.4. The van der Waals surface area contributed by atoms with Crippen LogP contribution < -0.4 is 0 Å². The molecule has 0 bridgehead atoms. The predicted molar refractivity (Wildman–Crippen MR) is 193 cm³/mol. The fourth-order valence-electron chi connectivity index (χ4n) is 8.60. The summed E-state index contributed by atoms with van der Waals surface area (Å²) in [5.41, 5.74) is -1.10. The Morgan fingerprint density at radius 2 is 1.82 bits per heavy atom. The molecule has 284 valence electrons. The van der Waals surface area contributed by atoms with Crippen molar-refractivity contribution in [2.45, 2.75) is 129 Å². The Bertz CT molecular complexity index is 1230. The fraction of sp³-hybridized carbons (Fsp3) is 0.821. The molecule has 1 N–H and O–H groups in total. The van der Waals surface area contributed by atoms with Crippen molar-refractivity contribution in [3.63, 3.8) is 0 Å². The Labute approximate surface area is 301 Å². The number of aliphatic hydroxyl groups is 1. The topological polar surface area (TPSA) is 114 Å². The molecule has 1 aromatic heterocycles. The number of likely N-dealkylation sites (tertiary alicyclic amines) is 1. The fourth-order valence-corrected chi connectivity index (χ4v) is 8.60. The zero-order valence-electron chi connectivity index (χ0n) is 32.5. The number of carbonyl (C=O) groups is 2. The van der Waals surface area contributed by atoms with Crippen LogP contribution in [-0.2, 0) is 35.1 Å². The largest absolute Gasteiger partial charge is 0.463 e. The number of piperidine rings is 1. The summed E-state index contributed by atoms with van der Waals surface area (Å²) in [5.74, 6) is -0.892. The number of cyclic esters (lactones) is 1. The molecule has 0 aromatic carbocycles. The minimum Gasteiger partial charge on any atom is -0.463 e. The van der Waals surface area contributed by atoms with Gasteiger partial charge < -0.3 is 29.0 Å². The first-order chi connectivity index (χ1) is 23.6. The summed E-state index contributed by atoms with van der Waals surface area (Å²) in [6.07, 6.45) is 5.26. The molecule has 4 rings (SSSR count). The number of nitrogens with zero attached hydrogens (tertiary/aromatic N) is 4. The number of likely N-dealkylation sites (N-methyl/N-ethyl adjacent to an activating group) is 2. The highest BCUT2D eigenvalue weighted by atomic mass is 16.7. The highest BCUT2D eigenvalue weighted by Crippen LogP contribution is 2.38. The molecule has 0 saturated carbocycles. The highest BCUT2D eigenvalue weighted by molar-refractivity contribution is 6.04. The van der Waals surface area contributed by atoms with Gasteiger partial charge in [0, 0.05) is 50.6 Å². The molecular weight excluding hydrogens is 636 g/mol. The summed E-state index contributed by atoms with van der Waals surface area (Å²) in [5, 5.41) is 11.4. The first-order valence-electron chi connectivity index (χ1n) is 18.9. The number of ketones is 1. The molecule has 0 aliphatic carbocycles. The number of carbonyl (C=O) groups excluding carboxylic acids is 2. The SMILES string of the molecule is CCN1C[C@H](C)C[C@@](C)(OC)[C@H](O[C@@H]2O[C@H](C)CC(N(C)C)[C@H]2O)[C@@H](C)C(=O)C(C)(C)C(=O)OC[C@H]1CC1CCN(Cc2cccnc2)CC1. The van der Waals surface area contributed by atoms with E-state index in [2.05, 4.69) is 34.7 Å². The van der Waals surface area contributed by atoms with Crippen LogP contribution in [0.15, 0.2) is 24.5 Å². The number of aliphatic hydroxyl groups excluding tert-OH is 1. The second-order valence-corrected chi connectivity index (χ2v) is 16.4. The van der Waals surface area contributed by atoms with E-state index in [0.717, 1.165) is 52.0 Å². The van der Waals surface area contributed by atoms with E-state index in [0.29, 0.717) is 18.8 Å². The zero-order chi connectivity index (χ0) is 36.8. The quantitative estimate of drug-likeness (QED) is 0.292. The van der Waals surface area contributed by atoms with E-state index in [1.165, 1.54) is 5.56 Å². The zero-order valence-corrected chi connectivity index (χ0v) is 32.5. The maximum atomic E-state index is 14.3. The Morgan fingerprint density at radius 1 is 1.12 bits per heavy atom. The second-order valence-electron chi connectivity index (χ2n) is 16.4. The lowest BCUT2D eigenvalue weighted by molar-refractivity contribution is -0.295. The molecule has 11 nitrogen and oxygen atoms in total. The molecule has 50 heavy (non-hydrogen) atoms. The van der Waals surface area contributed by atoms with Gasteiger partial charge in [0.25, 0.3) is 0 Å². The summed E-state index contributed by atoms with van der Waals surface area (Å²) >= 11 is 0. The molecule has 4 heterocycles. The second kappa shape index (κ2) is 17.7. The van der Waals surface area contributed by atoms with Crippen molar-refractivity contribution in [1.29, 1.82) is 0 Å². The first kappa shape index (κ1) is 40.8. The monoisotopic (exact) mass is 702 g/mol. The van der Waals surface area contributed by atoms with Crippen LogP contribution in [-0.4, -0.2) is 133 Å². The first-order valence-corrected chi connectivity index (χ1v) is 18.9. The van der Waals surface area contributed by atoms with Crippen LogP contribution >= 0.6 is 0 Å². The van der Waals surface area contributed by atoms with Gasteiger partial charge in [-0.1, -0.05) is 26.8 Å². The van der Waals surface area contributed by atoms with Gasteiger partial charge in [-0.15, -0.1) is 0 Å². The van der Waals surface area contributed by atoms with Crippen LogP contribution in [0, 0.1) is 23.2 Å². The Hall–Kier alpha value is -1.99. The minimum atomic E-state index is -1.42. The molecule has 9 atom stereocenters. The summed E-state index contributed by atoms with van der Waals surface area (Å²) in [6.45, 7) is 18.2. The van der Waals surface area contributed by atoms with Gasteiger partial charge in [0.1, 0.15) is 18.1 Å². The molecule has 3 saturated heterocycles. The van der Waals surface area contributed by atoms with Crippen molar-refractivity contribution >= 4 is 11.8 Å². The van der Waals surface area contributed by atoms with E-state index in [4.69, 9.17) is 18.9 Å². The minimum absolute atomic E-state index is 0.0291. The van der Waals surface area contributed by atoms with Gasteiger partial charge in [0.05, 0.1) is 17.8 Å². The highest BCUT2D eigenvalue weighted by Gasteiger charge is 2.51. The lowest BCUT2D eigenvalue weighted by Gasteiger charge is -2.47. The number of esters is 1. The van der Waals surface area contributed by atoms with E-state index in [1.807, 2.05) is 51.3 Å². The van der Waals surface area contributed by atoms with Gasteiger partial charge in [-0.2, -0.15) is 0 Å². The van der Waals surface area contributed by atoms with Gasteiger partial charge in [0.2, 0.25) is 0 Å². The summed E-state index contributed by atoms with van der Waals surface area (Å²) < 4.78 is 25.3. The van der Waals surface area contributed by atoms with Crippen molar-refractivity contribution in [2.75, 3.05) is 54.0 Å². The van der Waals surface area contributed by atoms with E-state index < -0.39 is 41.4 Å². The van der Waals surface area contributed by atoms with Crippen LogP contribution in [0.3, 0.4) is 0 Å². The summed E-state index contributed by atoms with van der Waals surface area (Å²) in [4.78, 5) is 39.4. The number of hydrogen-bond acceptors (Lipinski definition) is 11. The molecule has 11 heteroatoms. The van der Waals surface area contributed by atoms with E-state index in [-0.39, 0.29) is 36.5 Å². The number of methoxy groups -OCH3 is 1. The normalized spacial score (nSPS) is 36.0. The maximum absolute atomic E-state index is 14.3. The van der Waals surface area contributed by atoms with Crippen molar-refractivity contribution in [1.82, 2.24) is 19.7 Å². The number of aromatic nitrogens is 1. The van der Waals surface area contributed by atoms with Crippen molar-refractivity contribution < 1.29 is 33.6 Å². The van der Waals surface area contributed by atoms with Gasteiger partial charge in [-0.25, -0.2) is 0 Å². The molecule has 1 aromatic rings. The average Bonchev–Trinajstić information content (AvgIpc) is 3.09. The van der Waals surface area contributed by atoms with Crippen LogP contribution in [0.25, 0.3) is 0 Å². The molecule has 3 fully saturated rings. The Balaban J connectivity index is 1.56. The number of rotatable bonds is 9. The average molecular weight is 703 g/mol. The molecule has 0 radical (unpaired) electrons. The van der Waals surface area contributed by atoms with Crippen LogP contribution in [0.4, 0.5) is 0 Å². The van der Waals surface area contributed by atoms with Crippen molar-refractivity contribution in [3.05, 3.63) is 30.1 Å². The predicted octanol–water partition coefficient (Wildman–Crippen LogP) is 4.40. The number of pyridine rings is 1. The molecule has 3 aliphatic heterocycles. The van der Waals surface area contributed by atoms with Gasteiger partial charge in [0.15, 0.2) is 12.1 Å². The van der Waals surface area contributed by atoms with E-state index in [1.54, 1.807) is 27.9 Å². The van der Waals surface area contributed by atoms with Crippen LogP contribution in [0.5, 0.6) is 0 Å². The lowest BCUT2D eigenvalue weighted by atomic mass is 9.74. The van der Waals surface area contributed by atoms with E-state index >= 15 is 0 Å². The number of hydrogen-bond donors (Lipinski definition) is 1. The summed E-state index contributed by atoms with van der Waals surface area (Å²) in [7, 11) is 5.52. The Morgan fingerprint density at radius 3 is 2.42 bits per heavy atom. The third kappa shape index (κ3) is 9.90. The maximum Gasteiger partial charge on any atom is 0.319 e. The van der Waals surface area contributed by atoms with E-state index in [9.17, 15) is 14.7 Å². The van der Waals surface area contributed by atoms with Crippen LogP contribution in [0.2, 0.25) is 0 Å². The third-order valence-corrected chi connectivity index (χ3v) is 11.7. The van der Waals surface area contributed by atoms with Gasteiger partial charge in [-0.3, -0.25) is 24.4 Å². The summed E-state index contributed by atoms with van der Waals surface area (Å²) in [6, 6.07) is 3.97. The van der Waals surface area contributed by atoms with Gasteiger partial charge >= 0.3 is 5.97 Å². The number of ether oxygens (including phenoxy) is 4. The van der Waals surface area contributed by atoms with Crippen molar-refractivity contribution in [3.8, 4) is 0 Å². The standard InChI is InChI=1S/C39H66N4O7/c1-11-43-23-26(2)21-39(7,47-10)35(50-36-33(44)32(41(8)9)19-27(3)49-36)28(4)34(45)38(5,6)37(46)48-25-31(43)20-29-14-17-42(18-15-29)24-30-13-12-16-40-22-30/h12-13,16,22,26-29,31-33,35-36,44H,11,14-15,17-21,23-25H2,1-10H3/t26-,27-,28+,31-,32?,33-,35-,36+,39-/m1/s1. The molecular formula is C39H66N4O7.